The molecule has 1 N–H and O–H groups in total. The van der Waals surface area contributed by atoms with Gasteiger partial charge in [0.1, 0.15) is 0 Å². The van der Waals surface area contributed by atoms with Crippen LogP contribution in [-0.2, 0) is 0 Å². The number of pyridine rings is 2. The Kier molecular flexibility index (Phi) is 4.85. The third-order valence-electron chi connectivity index (χ3n) is 4.93. The Morgan fingerprint density at radius 3 is 2.54 bits per heavy atom. The van der Waals surface area contributed by atoms with Gasteiger partial charge in [-0.3, -0.25) is 9.78 Å². The number of nitrogens with one attached hydrogen (secondary N) is 1. The van der Waals surface area contributed by atoms with Crippen LogP contribution in [0.4, 0.5) is 0 Å². The molecule has 28 heavy (non-hydrogen) atoms. The average molecular weight is 367 g/mol. The molecule has 4 heteroatoms. The van der Waals surface area contributed by atoms with Crippen LogP contribution in [-0.4, -0.2) is 15.9 Å². The van der Waals surface area contributed by atoms with Crippen molar-refractivity contribution in [3.63, 3.8) is 0 Å². The lowest BCUT2D eigenvalue weighted by Gasteiger charge is -2.17. The number of carbonyl (C=O) groups is 1. The maximum absolute atomic E-state index is 13.2. The lowest BCUT2D eigenvalue weighted by molar-refractivity contribution is 0.0941. The summed E-state index contributed by atoms with van der Waals surface area (Å²) in [4.78, 5) is 22.1. The Labute approximate surface area is 164 Å². The molecule has 4 nitrogen and oxygen atoms in total. The summed E-state index contributed by atoms with van der Waals surface area (Å²) in [5.41, 5.74) is 5.34. The van der Waals surface area contributed by atoms with Crippen LogP contribution in [0.15, 0.2) is 79.1 Å². The number of carbonyl (C=O) groups excluding carboxylic acids is 1. The zero-order chi connectivity index (χ0) is 19.5. The van der Waals surface area contributed by atoms with E-state index in [0.29, 0.717) is 5.56 Å². The molecule has 0 aliphatic heterocycles. The quantitative estimate of drug-likeness (QED) is 0.546. The van der Waals surface area contributed by atoms with Gasteiger partial charge in [-0.05, 0) is 37.1 Å². The van der Waals surface area contributed by atoms with Crippen LogP contribution in [0.5, 0.6) is 0 Å². The van der Waals surface area contributed by atoms with Gasteiger partial charge in [-0.25, -0.2) is 4.98 Å². The minimum absolute atomic E-state index is 0.103. The van der Waals surface area contributed by atoms with Crippen LogP contribution in [0, 0.1) is 6.92 Å². The fraction of sp³-hybridized carbons (Fsp3) is 0.125. The Morgan fingerprint density at radius 2 is 1.75 bits per heavy atom. The summed E-state index contributed by atoms with van der Waals surface area (Å²) < 4.78 is 0. The van der Waals surface area contributed by atoms with E-state index in [9.17, 15) is 4.79 Å². The number of aromatic nitrogens is 2. The van der Waals surface area contributed by atoms with E-state index in [4.69, 9.17) is 4.98 Å². The van der Waals surface area contributed by atoms with E-state index in [0.717, 1.165) is 33.3 Å². The van der Waals surface area contributed by atoms with Crippen molar-refractivity contribution in [2.24, 2.45) is 0 Å². The second-order valence-electron chi connectivity index (χ2n) is 6.87. The zero-order valence-corrected chi connectivity index (χ0v) is 15.9. The predicted molar refractivity (Wildman–Crippen MR) is 112 cm³/mol. The molecule has 2 aromatic heterocycles. The number of hydrogen-bond donors (Lipinski definition) is 1. The summed E-state index contributed by atoms with van der Waals surface area (Å²) in [6.45, 7) is 4.05. The van der Waals surface area contributed by atoms with Crippen LogP contribution in [0.2, 0.25) is 0 Å². The van der Waals surface area contributed by atoms with E-state index >= 15 is 0 Å². The first-order chi connectivity index (χ1) is 13.6. The number of aryl methyl sites for hydroxylation is 1. The lowest BCUT2D eigenvalue weighted by atomic mass is 10.0. The molecule has 0 saturated carbocycles. The number of fused-ring (bicyclic) bond motifs is 1. The van der Waals surface area contributed by atoms with E-state index in [1.807, 2.05) is 67.6 Å². The first-order valence-electron chi connectivity index (χ1n) is 9.30. The molecule has 2 aromatic carbocycles. The highest BCUT2D eigenvalue weighted by Gasteiger charge is 2.17. The van der Waals surface area contributed by atoms with Crippen LogP contribution < -0.4 is 5.32 Å². The first-order valence-corrected chi connectivity index (χ1v) is 9.30. The van der Waals surface area contributed by atoms with E-state index < -0.39 is 0 Å². The topological polar surface area (TPSA) is 54.9 Å². The zero-order valence-electron chi connectivity index (χ0n) is 15.9. The summed E-state index contributed by atoms with van der Waals surface area (Å²) >= 11 is 0. The molecule has 0 aliphatic rings. The fourth-order valence-electron chi connectivity index (χ4n) is 3.44. The largest absolute Gasteiger partial charge is 0.345 e. The van der Waals surface area contributed by atoms with E-state index in [1.54, 1.807) is 12.4 Å². The predicted octanol–water partition coefficient (Wildman–Crippen LogP) is 5.10. The van der Waals surface area contributed by atoms with Crippen molar-refractivity contribution in [1.29, 1.82) is 0 Å². The van der Waals surface area contributed by atoms with Crippen molar-refractivity contribution in [2.45, 2.75) is 19.9 Å². The third kappa shape index (κ3) is 3.49. The van der Waals surface area contributed by atoms with Crippen LogP contribution in [0.3, 0.4) is 0 Å². The molecular formula is C24H21N3O. The molecule has 4 rings (SSSR count). The van der Waals surface area contributed by atoms with Crippen LogP contribution in [0.25, 0.3) is 22.2 Å². The highest BCUT2D eigenvalue weighted by Crippen LogP contribution is 2.25. The number of benzene rings is 2. The highest BCUT2D eigenvalue weighted by molar-refractivity contribution is 6.07. The Bertz CT molecular complexity index is 1140. The van der Waals surface area contributed by atoms with Crippen molar-refractivity contribution in [2.75, 3.05) is 0 Å². The summed E-state index contributed by atoms with van der Waals surface area (Å²) in [7, 11) is 0. The molecule has 0 saturated heterocycles. The molecule has 0 bridgehead atoms. The van der Waals surface area contributed by atoms with Gasteiger partial charge in [-0.1, -0.05) is 54.6 Å². The molecular weight excluding hydrogens is 346 g/mol. The Morgan fingerprint density at radius 1 is 1.00 bits per heavy atom. The molecule has 138 valence electrons. The molecule has 0 aliphatic carbocycles. The average Bonchev–Trinajstić information content (AvgIpc) is 2.73. The number of hydrogen-bond acceptors (Lipinski definition) is 3. The van der Waals surface area contributed by atoms with E-state index in [-0.39, 0.29) is 11.9 Å². The molecule has 4 aromatic rings. The molecule has 0 fully saturated rings. The van der Waals surface area contributed by atoms with Crippen molar-refractivity contribution < 1.29 is 4.79 Å². The molecule has 1 atom stereocenters. The number of rotatable bonds is 4. The maximum Gasteiger partial charge on any atom is 0.252 e. The normalized spacial score (nSPS) is 11.9. The van der Waals surface area contributed by atoms with Gasteiger partial charge in [0.15, 0.2) is 0 Å². The summed E-state index contributed by atoms with van der Waals surface area (Å²) in [6, 6.07) is 21.6. The van der Waals surface area contributed by atoms with Gasteiger partial charge in [0, 0.05) is 23.3 Å². The smallest absolute Gasteiger partial charge is 0.252 e. The molecule has 1 unspecified atom stereocenters. The van der Waals surface area contributed by atoms with Gasteiger partial charge in [0.05, 0.1) is 22.8 Å². The van der Waals surface area contributed by atoms with Gasteiger partial charge < -0.3 is 5.32 Å². The molecule has 2 heterocycles. The Hall–Kier alpha value is -3.53. The first kappa shape index (κ1) is 17.9. The van der Waals surface area contributed by atoms with E-state index in [2.05, 4.69) is 23.3 Å². The lowest BCUT2D eigenvalue weighted by Crippen LogP contribution is -2.27. The van der Waals surface area contributed by atoms with Gasteiger partial charge in [0.2, 0.25) is 0 Å². The van der Waals surface area contributed by atoms with Gasteiger partial charge >= 0.3 is 0 Å². The maximum atomic E-state index is 13.2. The van der Waals surface area contributed by atoms with Gasteiger partial charge in [-0.2, -0.15) is 0 Å². The second kappa shape index (κ2) is 7.61. The monoisotopic (exact) mass is 367 g/mol. The number of nitrogens with zero attached hydrogens (tertiary/aromatic N) is 2. The highest BCUT2D eigenvalue weighted by atomic mass is 16.1. The summed E-state index contributed by atoms with van der Waals surface area (Å²) in [5, 5.41) is 3.88. The van der Waals surface area contributed by atoms with Gasteiger partial charge in [-0.15, -0.1) is 0 Å². The Balaban J connectivity index is 1.75. The summed E-state index contributed by atoms with van der Waals surface area (Å²) in [5.74, 6) is -0.131. The third-order valence-corrected chi connectivity index (χ3v) is 4.93. The van der Waals surface area contributed by atoms with Gasteiger partial charge in [0.25, 0.3) is 5.91 Å². The second-order valence-corrected chi connectivity index (χ2v) is 6.87. The van der Waals surface area contributed by atoms with E-state index in [1.165, 1.54) is 0 Å². The van der Waals surface area contributed by atoms with Crippen molar-refractivity contribution >= 4 is 16.8 Å². The van der Waals surface area contributed by atoms with Crippen LogP contribution >= 0.6 is 0 Å². The number of amides is 1. The van der Waals surface area contributed by atoms with Crippen molar-refractivity contribution in [1.82, 2.24) is 15.3 Å². The molecule has 0 spiro atoms. The summed E-state index contributed by atoms with van der Waals surface area (Å²) in [6.07, 6.45) is 3.40. The minimum atomic E-state index is -0.131. The molecule has 0 radical (unpaired) electrons. The van der Waals surface area contributed by atoms with Crippen molar-refractivity contribution in [3.8, 4) is 11.3 Å². The fourth-order valence-corrected chi connectivity index (χ4v) is 3.44. The minimum Gasteiger partial charge on any atom is -0.345 e. The van der Waals surface area contributed by atoms with Crippen molar-refractivity contribution in [3.05, 3.63) is 95.8 Å². The molecule has 1 amide bonds. The SMILES string of the molecule is Cc1ccccc1C(C)NC(=O)c1cc(-c2ccccc2)nc2ccncc12. The standard InChI is InChI=1S/C24H21N3O/c1-16-8-6-7-11-19(16)17(2)26-24(28)20-14-23(18-9-4-3-5-10-18)27-22-12-13-25-15-21(20)22/h3-15,17H,1-2H3,(H,26,28). The van der Waals surface area contributed by atoms with Crippen LogP contribution in [0.1, 0.15) is 34.5 Å².